The minimum absolute atomic E-state index is 0.0861. The molecule has 2 heterocycles. The van der Waals surface area contributed by atoms with Gasteiger partial charge in [-0.2, -0.15) is 4.31 Å². The van der Waals surface area contributed by atoms with E-state index in [0.29, 0.717) is 5.69 Å². The first kappa shape index (κ1) is 14.1. The third kappa shape index (κ3) is 2.81. The Morgan fingerprint density at radius 1 is 1.42 bits per heavy atom. The van der Waals surface area contributed by atoms with Gasteiger partial charge in [-0.05, 0) is 0 Å². The Balaban J connectivity index is 2.31. The number of nitrogens with zero attached hydrogens (tertiary/aromatic N) is 3. The van der Waals surface area contributed by atoms with Crippen molar-refractivity contribution >= 4 is 38.7 Å². The number of hydrogen-bond acceptors (Lipinski definition) is 7. The fourth-order valence-corrected chi connectivity index (χ4v) is 4.35. The maximum atomic E-state index is 12.3. The van der Waals surface area contributed by atoms with Crippen molar-refractivity contribution in [1.29, 1.82) is 0 Å². The van der Waals surface area contributed by atoms with Crippen LogP contribution < -0.4 is 0 Å². The quantitative estimate of drug-likeness (QED) is 0.886. The van der Waals surface area contributed by atoms with Crippen LogP contribution in [0.4, 0.5) is 0 Å². The second-order valence-corrected chi connectivity index (χ2v) is 7.35. The summed E-state index contributed by atoms with van der Waals surface area (Å²) in [4.78, 5) is 18.5. The van der Waals surface area contributed by atoms with Gasteiger partial charge in [0, 0.05) is 12.4 Å². The molecule has 10 heteroatoms. The molecule has 2 aromatic heterocycles. The Morgan fingerprint density at radius 3 is 2.74 bits per heavy atom. The van der Waals surface area contributed by atoms with Crippen molar-refractivity contribution in [3.63, 3.8) is 0 Å². The summed E-state index contributed by atoms with van der Waals surface area (Å²) in [7, 11) is -2.50. The Morgan fingerprint density at radius 2 is 2.16 bits per heavy atom. The van der Waals surface area contributed by atoms with Crippen LogP contribution in [-0.4, -0.2) is 40.8 Å². The molecule has 0 fully saturated rings. The van der Waals surface area contributed by atoms with E-state index < -0.39 is 21.7 Å². The van der Waals surface area contributed by atoms with Gasteiger partial charge in [0.15, 0.2) is 9.90 Å². The summed E-state index contributed by atoms with van der Waals surface area (Å²) in [6.45, 7) is 0.0861. The first-order valence-electron chi connectivity index (χ1n) is 4.93. The highest BCUT2D eigenvalue weighted by atomic mass is 32.2. The molecule has 0 saturated heterocycles. The smallest absolute Gasteiger partial charge is 0.356 e. The molecule has 0 spiro atoms. The summed E-state index contributed by atoms with van der Waals surface area (Å²) >= 11 is 2.15. The number of rotatable bonds is 5. The van der Waals surface area contributed by atoms with E-state index in [-0.39, 0.29) is 10.8 Å². The Labute approximate surface area is 117 Å². The molecule has 19 heavy (non-hydrogen) atoms. The molecule has 0 amide bonds. The molecule has 7 nitrogen and oxygen atoms in total. The standard InChI is InChI=1S/C9H9N3O4S3/c1-12(2-6-3-17-4-10-6)19(15,16)9-7(8(13)14)11-5-18-9/h3-5H,2H2,1H3,(H,13,14). The Hall–Kier alpha value is -1.36. The van der Waals surface area contributed by atoms with Crippen molar-refractivity contribution in [3.8, 4) is 0 Å². The highest BCUT2D eigenvalue weighted by Crippen LogP contribution is 2.24. The maximum absolute atomic E-state index is 12.3. The Kier molecular flexibility index (Phi) is 3.94. The largest absolute Gasteiger partial charge is 0.476 e. The third-order valence-electron chi connectivity index (χ3n) is 2.25. The van der Waals surface area contributed by atoms with Crippen LogP contribution in [0.1, 0.15) is 16.2 Å². The van der Waals surface area contributed by atoms with Gasteiger partial charge in [-0.25, -0.2) is 23.2 Å². The van der Waals surface area contributed by atoms with Crippen LogP contribution in [0.15, 0.2) is 20.6 Å². The number of aromatic carboxylic acids is 1. The van der Waals surface area contributed by atoms with Gasteiger partial charge in [0.25, 0.3) is 10.0 Å². The molecule has 2 aromatic rings. The predicted molar refractivity (Wildman–Crippen MR) is 69.8 cm³/mol. The van der Waals surface area contributed by atoms with Crippen molar-refractivity contribution in [1.82, 2.24) is 14.3 Å². The molecule has 0 saturated carbocycles. The number of carboxylic acids is 1. The van der Waals surface area contributed by atoms with Crippen LogP contribution in [0, 0.1) is 0 Å². The topological polar surface area (TPSA) is 100 Å². The van der Waals surface area contributed by atoms with Crippen molar-refractivity contribution in [3.05, 3.63) is 27.8 Å². The fourth-order valence-electron chi connectivity index (χ4n) is 1.33. The molecule has 0 radical (unpaired) electrons. The summed E-state index contributed by atoms with van der Waals surface area (Å²) in [5.41, 5.74) is 2.96. The van der Waals surface area contributed by atoms with E-state index in [1.165, 1.54) is 23.9 Å². The molecule has 1 N–H and O–H groups in total. The second kappa shape index (κ2) is 5.33. The van der Waals surface area contributed by atoms with Crippen LogP contribution >= 0.6 is 22.7 Å². The average molecular weight is 319 g/mol. The van der Waals surface area contributed by atoms with Crippen molar-refractivity contribution in [2.45, 2.75) is 10.8 Å². The fraction of sp³-hybridized carbons (Fsp3) is 0.222. The van der Waals surface area contributed by atoms with Crippen LogP contribution in [0.2, 0.25) is 0 Å². The maximum Gasteiger partial charge on any atom is 0.356 e. The van der Waals surface area contributed by atoms with E-state index >= 15 is 0 Å². The minimum Gasteiger partial charge on any atom is -0.476 e. The zero-order chi connectivity index (χ0) is 14.0. The van der Waals surface area contributed by atoms with Crippen LogP contribution in [0.3, 0.4) is 0 Å². The van der Waals surface area contributed by atoms with E-state index in [4.69, 9.17) is 5.11 Å². The first-order chi connectivity index (χ1) is 8.93. The van der Waals surface area contributed by atoms with Gasteiger partial charge >= 0.3 is 5.97 Å². The lowest BCUT2D eigenvalue weighted by atomic mass is 10.5. The number of thiazole rings is 2. The van der Waals surface area contributed by atoms with Gasteiger partial charge in [-0.1, -0.05) is 0 Å². The number of hydrogen-bond donors (Lipinski definition) is 1. The lowest BCUT2D eigenvalue weighted by molar-refractivity contribution is 0.0687. The Bertz CT molecular complexity index is 677. The number of aromatic nitrogens is 2. The normalized spacial score (nSPS) is 11.9. The van der Waals surface area contributed by atoms with Crippen LogP contribution in [0.5, 0.6) is 0 Å². The molecule has 2 rings (SSSR count). The molecule has 102 valence electrons. The molecular formula is C9H9N3O4S3. The molecule has 0 aliphatic carbocycles. The minimum atomic E-state index is -3.87. The molecule has 0 unspecified atom stereocenters. The van der Waals surface area contributed by atoms with Crippen molar-refractivity contribution < 1.29 is 18.3 Å². The molecule has 0 bridgehead atoms. The molecular weight excluding hydrogens is 310 g/mol. The van der Waals surface area contributed by atoms with Gasteiger partial charge in [-0.15, -0.1) is 22.7 Å². The predicted octanol–water partition coefficient (Wildman–Crippen LogP) is 1.12. The van der Waals surface area contributed by atoms with Gasteiger partial charge in [0.05, 0.1) is 23.3 Å². The summed E-state index contributed by atoms with van der Waals surface area (Å²) in [6, 6.07) is 0. The summed E-state index contributed by atoms with van der Waals surface area (Å²) in [5, 5.41) is 10.6. The van der Waals surface area contributed by atoms with Crippen LogP contribution in [0.25, 0.3) is 0 Å². The lowest BCUT2D eigenvalue weighted by Crippen LogP contribution is -2.27. The van der Waals surface area contributed by atoms with Gasteiger partial charge in [0.2, 0.25) is 0 Å². The molecule has 0 atom stereocenters. The van der Waals surface area contributed by atoms with Gasteiger partial charge in [0.1, 0.15) is 0 Å². The van der Waals surface area contributed by atoms with E-state index in [1.54, 1.807) is 10.9 Å². The highest BCUT2D eigenvalue weighted by Gasteiger charge is 2.29. The van der Waals surface area contributed by atoms with Crippen LogP contribution in [-0.2, 0) is 16.6 Å². The van der Waals surface area contributed by atoms with E-state index in [0.717, 1.165) is 15.6 Å². The zero-order valence-corrected chi connectivity index (χ0v) is 12.1. The highest BCUT2D eigenvalue weighted by molar-refractivity contribution is 7.91. The van der Waals surface area contributed by atoms with Gasteiger partial charge < -0.3 is 5.11 Å². The number of carbonyl (C=O) groups is 1. The number of carboxylic acid groups (broad SMARTS) is 1. The summed E-state index contributed by atoms with van der Waals surface area (Å²) in [5.74, 6) is -1.36. The lowest BCUT2D eigenvalue weighted by Gasteiger charge is -2.14. The SMILES string of the molecule is CN(Cc1cscn1)S(=O)(=O)c1scnc1C(=O)O. The molecule has 0 aromatic carbocycles. The van der Waals surface area contributed by atoms with E-state index in [9.17, 15) is 13.2 Å². The van der Waals surface area contributed by atoms with E-state index in [2.05, 4.69) is 9.97 Å². The monoisotopic (exact) mass is 319 g/mol. The second-order valence-electron chi connectivity index (χ2n) is 3.53. The molecule has 0 aliphatic rings. The van der Waals surface area contributed by atoms with E-state index in [1.807, 2.05) is 0 Å². The zero-order valence-electron chi connectivity index (χ0n) is 9.68. The van der Waals surface area contributed by atoms with Crippen molar-refractivity contribution in [2.75, 3.05) is 7.05 Å². The summed E-state index contributed by atoms with van der Waals surface area (Å²) in [6.07, 6.45) is 0. The average Bonchev–Trinajstić information content (AvgIpc) is 2.98. The third-order valence-corrected chi connectivity index (χ3v) is 6.04. The van der Waals surface area contributed by atoms with Gasteiger partial charge in [-0.3, -0.25) is 0 Å². The molecule has 0 aliphatic heterocycles. The first-order valence-corrected chi connectivity index (χ1v) is 8.19. The van der Waals surface area contributed by atoms with Crippen molar-refractivity contribution in [2.24, 2.45) is 0 Å². The summed E-state index contributed by atoms with van der Waals surface area (Å²) < 4.78 is 25.3. The number of sulfonamides is 1.